The lowest BCUT2D eigenvalue weighted by molar-refractivity contribution is 0.614. The Bertz CT molecular complexity index is 1140. The second kappa shape index (κ2) is 12.1. The van der Waals surface area contributed by atoms with Gasteiger partial charge >= 0.3 is 0 Å². The first-order valence-electron chi connectivity index (χ1n) is 10.7. The summed E-state index contributed by atoms with van der Waals surface area (Å²) < 4.78 is 28.8. The fourth-order valence-corrected chi connectivity index (χ4v) is 4.03. The van der Waals surface area contributed by atoms with E-state index in [0.29, 0.717) is 18.8 Å². The molecular weight excluding hydrogens is 562 g/mol. The highest BCUT2D eigenvalue weighted by Gasteiger charge is 2.15. The maximum absolute atomic E-state index is 14.6. The van der Waals surface area contributed by atoms with E-state index in [4.69, 9.17) is 5.73 Å². The van der Waals surface area contributed by atoms with Gasteiger partial charge in [0.25, 0.3) is 0 Å². The largest absolute Gasteiger partial charge is 0.396 e. The number of anilines is 2. The van der Waals surface area contributed by atoms with Crippen molar-refractivity contribution in [2.75, 3.05) is 10.6 Å². The Kier molecular flexibility index (Phi) is 9.25. The van der Waals surface area contributed by atoms with Crippen LogP contribution in [0.25, 0.3) is 0 Å². The molecule has 0 unspecified atom stereocenters. The van der Waals surface area contributed by atoms with E-state index in [9.17, 15) is 8.78 Å². The average molecular weight is 588 g/mol. The van der Waals surface area contributed by atoms with Crippen LogP contribution >= 0.6 is 31.9 Å². The number of aryl methyl sites for hydroxylation is 2. The number of halogens is 4. The predicted octanol–water partition coefficient (Wildman–Crippen LogP) is 8.58. The van der Waals surface area contributed by atoms with Crippen LogP contribution < -0.4 is 10.6 Å². The van der Waals surface area contributed by atoms with Crippen molar-refractivity contribution in [3.05, 3.63) is 128 Å². The van der Waals surface area contributed by atoms with Crippen molar-refractivity contribution >= 4 is 43.2 Å². The molecule has 0 bridgehead atoms. The summed E-state index contributed by atoms with van der Waals surface area (Å²) in [4.78, 5) is 2.08. The van der Waals surface area contributed by atoms with Crippen LogP contribution in [0.15, 0.2) is 93.9 Å². The van der Waals surface area contributed by atoms with Crippen molar-refractivity contribution in [3.63, 3.8) is 0 Å². The SMILES string of the molecule is Cc1cc(N(Cc2ccccc2)Cc2ccccc2)c(F)cc1Br.Cc1cc(N)c(F)cc1Br. The van der Waals surface area contributed by atoms with E-state index in [1.807, 2.05) is 56.3 Å². The summed E-state index contributed by atoms with van der Waals surface area (Å²) in [6, 6.07) is 26.7. The first-order chi connectivity index (χ1) is 16.2. The Morgan fingerprint density at radius 2 is 1.12 bits per heavy atom. The van der Waals surface area contributed by atoms with Crippen molar-refractivity contribution in [1.82, 2.24) is 0 Å². The first kappa shape index (κ1) is 25.9. The van der Waals surface area contributed by atoms with Gasteiger partial charge in [-0.15, -0.1) is 0 Å². The van der Waals surface area contributed by atoms with Crippen molar-refractivity contribution in [2.45, 2.75) is 26.9 Å². The summed E-state index contributed by atoms with van der Waals surface area (Å²) in [5.74, 6) is -0.586. The summed E-state index contributed by atoms with van der Waals surface area (Å²) in [6.07, 6.45) is 0. The minimum Gasteiger partial charge on any atom is -0.396 e. The minimum atomic E-state index is -0.377. The number of nitrogens with zero attached hydrogens (tertiary/aromatic N) is 1. The molecule has 0 spiro atoms. The van der Waals surface area contributed by atoms with Crippen LogP contribution in [0.3, 0.4) is 0 Å². The minimum absolute atomic E-state index is 0.195. The summed E-state index contributed by atoms with van der Waals surface area (Å²) in [6.45, 7) is 5.16. The van der Waals surface area contributed by atoms with Crippen molar-refractivity contribution in [3.8, 4) is 0 Å². The third-order valence-corrected chi connectivity index (χ3v) is 6.99. The Morgan fingerprint density at radius 3 is 1.59 bits per heavy atom. The lowest BCUT2D eigenvalue weighted by atomic mass is 10.1. The molecule has 34 heavy (non-hydrogen) atoms. The Labute approximate surface area is 216 Å². The topological polar surface area (TPSA) is 29.3 Å². The Balaban J connectivity index is 0.000000271. The van der Waals surface area contributed by atoms with Gasteiger partial charge in [-0.05, 0) is 60.4 Å². The van der Waals surface area contributed by atoms with Gasteiger partial charge in [-0.3, -0.25) is 0 Å². The maximum Gasteiger partial charge on any atom is 0.147 e. The molecule has 0 aliphatic rings. The van der Waals surface area contributed by atoms with Gasteiger partial charge in [0.05, 0.1) is 11.4 Å². The average Bonchev–Trinajstić information content (AvgIpc) is 2.82. The van der Waals surface area contributed by atoms with Crippen molar-refractivity contribution in [2.24, 2.45) is 0 Å². The maximum atomic E-state index is 14.6. The van der Waals surface area contributed by atoms with Crippen LogP contribution in [0.4, 0.5) is 20.2 Å². The number of rotatable bonds is 5. The normalized spacial score (nSPS) is 10.4. The highest BCUT2D eigenvalue weighted by molar-refractivity contribution is 9.10. The summed E-state index contributed by atoms with van der Waals surface area (Å²) in [5, 5.41) is 0. The lowest BCUT2D eigenvalue weighted by Crippen LogP contribution is -2.23. The summed E-state index contributed by atoms with van der Waals surface area (Å²) in [5.41, 5.74) is 10.4. The highest BCUT2D eigenvalue weighted by Crippen LogP contribution is 2.29. The molecule has 2 N–H and O–H groups in total. The van der Waals surface area contributed by atoms with Crippen LogP contribution in [-0.2, 0) is 13.1 Å². The monoisotopic (exact) mass is 586 g/mol. The smallest absolute Gasteiger partial charge is 0.147 e. The quantitative estimate of drug-likeness (QED) is 0.237. The Morgan fingerprint density at radius 1 is 0.676 bits per heavy atom. The molecule has 0 aliphatic heterocycles. The zero-order valence-corrected chi connectivity index (χ0v) is 22.2. The number of nitrogen functional groups attached to an aromatic ring is 1. The van der Waals surface area contributed by atoms with E-state index in [0.717, 1.165) is 31.2 Å². The van der Waals surface area contributed by atoms with Gasteiger partial charge in [0.15, 0.2) is 0 Å². The van der Waals surface area contributed by atoms with Crippen LogP contribution in [0.1, 0.15) is 22.3 Å². The molecule has 0 amide bonds. The molecule has 0 saturated carbocycles. The highest BCUT2D eigenvalue weighted by atomic mass is 79.9. The van der Waals surface area contributed by atoms with Crippen LogP contribution in [-0.4, -0.2) is 0 Å². The van der Waals surface area contributed by atoms with E-state index < -0.39 is 0 Å². The van der Waals surface area contributed by atoms with Crippen molar-refractivity contribution < 1.29 is 8.78 Å². The molecule has 4 aromatic carbocycles. The molecule has 0 saturated heterocycles. The van der Waals surface area contributed by atoms with Gasteiger partial charge in [-0.1, -0.05) is 92.5 Å². The molecule has 0 heterocycles. The standard InChI is InChI=1S/C21H19BrFN.C7H7BrFN/c1-16-12-21(20(23)13-19(16)22)24(14-17-8-4-2-5-9-17)15-18-10-6-3-7-11-18;1-4-2-7(10)6(9)3-5(4)8/h2-13H,14-15H2,1H3;2-3H,10H2,1H3. The first-order valence-corrected chi connectivity index (χ1v) is 12.3. The molecule has 0 atom stereocenters. The second-order valence-electron chi connectivity index (χ2n) is 8.00. The number of nitrogens with two attached hydrogens (primary N) is 1. The molecule has 4 rings (SSSR count). The fourth-order valence-electron chi connectivity index (χ4n) is 3.40. The van der Waals surface area contributed by atoms with E-state index in [1.54, 1.807) is 12.1 Å². The molecule has 0 radical (unpaired) electrons. The molecular formula is C28H26Br2F2N2. The summed E-state index contributed by atoms with van der Waals surface area (Å²) >= 11 is 6.59. The zero-order valence-electron chi connectivity index (χ0n) is 19.0. The number of hydrogen-bond acceptors (Lipinski definition) is 2. The molecule has 2 nitrogen and oxygen atoms in total. The van der Waals surface area contributed by atoms with Crippen LogP contribution in [0, 0.1) is 25.5 Å². The molecule has 176 valence electrons. The van der Waals surface area contributed by atoms with E-state index in [2.05, 4.69) is 61.0 Å². The molecule has 4 aromatic rings. The van der Waals surface area contributed by atoms with Gasteiger partial charge < -0.3 is 10.6 Å². The molecule has 0 aromatic heterocycles. The third-order valence-electron chi connectivity index (χ3n) is 5.28. The van der Waals surface area contributed by atoms with Crippen molar-refractivity contribution in [1.29, 1.82) is 0 Å². The Hall–Kier alpha value is -2.70. The second-order valence-corrected chi connectivity index (χ2v) is 9.71. The molecule has 0 fully saturated rings. The van der Waals surface area contributed by atoms with Crippen LogP contribution in [0.2, 0.25) is 0 Å². The van der Waals surface area contributed by atoms with E-state index in [-0.39, 0.29) is 17.3 Å². The van der Waals surface area contributed by atoms with Gasteiger partial charge in [-0.25, -0.2) is 8.78 Å². The number of hydrogen-bond donors (Lipinski definition) is 1. The lowest BCUT2D eigenvalue weighted by Gasteiger charge is -2.26. The van der Waals surface area contributed by atoms with E-state index >= 15 is 0 Å². The molecule has 0 aliphatic carbocycles. The summed E-state index contributed by atoms with van der Waals surface area (Å²) in [7, 11) is 0. The fraction of sp³-hybridized carbons (Fsp3) is 0.143. The van der Waals surface area contributed by atoms with Gasteiger partial charge in [-0.2, -0.15) is 0 Å². The predicted molar refractivity (Wildman–Crippen MR) is 145 cm³/mol. The van der Waals surface area contributed by atoms with Crippen LogP contribution in [0.5, 0.6) is 0 Å². The van der Waals surface area contributed by atoms with Gasteiger partial charge in [0.2, 0.25) is 0 Å². The third kappa shape index (κ3) is 7.15. The van der Waals surface area contributed by atoms with Gasteiger partial charge in [0, 0.05) is 22.0 Å². The molecule has 6 heteroatoms. The number of benzene rings is 4. The van der Waals surface area contributed by atoms with Gasteiger partial charge in [0.1, 0.15) is 11.6 Å². The zero-order chi connectivity index (χ0) is 24.7. The van der Waals surface area contributed by atoms with E-state index in [1.165, 1.54) is 6.07 Å².